The molecule has 1 atom stereocenters. The van der Waals surface area contributed by atoms with Crippen molar-refractivity contribution in [3.8, 4) is 16.9 Å². The molecule has 224 valence electrons. The molecule has 1 heterocycles. The number of allylic oxidation sites excluding steroid dienone is 1. The first-order chi connectivity index (χ1) is 21.1. The standard InChI is InChI=1S/C36H40N2O4S/c1-2-3-19-41-20-21-42-35-15-12-31(13-16-35)32-6-4-5-28(22-32)9-14-34(39)23-29-10-17-36(18-11-29)43(40)26-33-24-37-27-38(33)25-30-7-8-30/h4-6,9-18,22,24,27,30H,2-3,7-8,19-21,23,25-26H2,1H3/b14-9+. The quantitative estimate of drug-likeness (QED) is 0.0946. The highest BCUT2D eigenvalue weighted by Crippen LogP contribution is 2.31. The van der Waals surface area contributed by atoms with Crippen molar-refractivity contribution in [2.75, 3.05) is 19.8 Å². The Hall–Kier alpha value is -3.81. The number of benzene rings is 3. The molecule has 4 aromatic rings. The van der Waals surface area contributed by atoms with Crippen molar-refractivity contribution in [3.05, 3.63) is 108 Å². The number of imidazole rings is 1. The van der Waals surface area contributed by atoms with Gasteiger partial charge in [0.25, 0.3) is 0 Å². The summed E-state index contributed by atoms with van der Waals surface area (Å²) in [4.78, 5) is 17.7. The van der Waals surface area contributed by atoms with Crippen molar-refractivity contribution in [1.29, 1.82) is 0 Å². The summed E-state index contributed by atoms with van der Waals surface area (Å²) in [6.07, 6.45) is 12.2. The van der Waals surface area contributed by atoms with Crippen molar-refractivity contribution < 1.29 is 18.5 Å². The van der Waals surface area contributed by atoms with E-state index in [9.17, 15) is 9.00 Å². The number of hydrogen-bond acceptors (Lipinski definition) is 5. The number of rotatable bonds is 17. The Morgan fingerprint density at radius 2 is 1.81 bits per heavy atom. The minimum Gasteiger partial charge on any atom is -0.491 e. The van der Waals surface area contributed by atoms with E-state index in [1.165, 1.54) is 12.8 Å². The largest absolute Gasteiger partial charge is 0.491 e. The van der Waals surface area contributed by atoms with E-state index in [1.54, 1.807) is 6.08 Å². The van der Waals surface area contributed by atoms with Crippen LogP contribution >= 0.6 is 0 Å². The molecule has 5 rings (SSSR count). The van der Waals surface area contributed by atoms with E-state index in [-0.39, 0.29) is 5.78 Å². The lowest BCUT2D eigenvalue weighted by molar-refractivity contribution is -0.113. The van der Waals surface area contributed by atoms with Crippen LogP contribution in [0.2, 0.25) is 0 Å². The van der Waals surface area contributed by atoms with Crippen molar-refractivity contribution in [3.63, 3.8) is 0 Å². The SMILES string of the molecule is CCCCOCCOc1ccc(-c2cccc(/C=C/C(=O)Cc3ccc(S(=O)Cc4cncn4CC4CC4)cc3)c2)cc1. The zero-order valence-electron chi connectivity index (χ0n) is 24.8. The summed E-state index contributed by atoms with van der Waals surface area (Å²) in [6, 6.07) is 23.7. The van der Waals surface area contributed by atoms with E-state index < -0.39 is 10.8 Å². The van der Waals surface area contributed by atoms with Gasteiger partial charge in [0, 0.05) is 30.7 Å². The van der Waals surface area contributed by atoms with Crippen LogP contribution in [-0.4, -0.2) is 39.4 Å². The van der Waals surface area contributed by atoms with Gasteiger partial charge in [-0.3, -0.25) is 9.00 Å². The predicted molar refractivity (Wildman–Crippen MR) is 172 cm³/mol. The Morgan fingerprint density at radius 1 is 1.00 bits per heavy atom. The summed E-state index contributed by atoms with van der Waals surface area (Å²) < 4.78 is 26.4. The highest BCUT2D eigenvalue weighted by molar-refractivity contribution is 7.84. The van der Waals surface area contributed by atoms with Crippen molar-refractivity contribution >= 4 is 22.7 Å². The van der Waals surface area contributed by atoms with Crippen LogP contribution in [-0.2, 0) is 39.0 Å². The van der Waals surface area contributed by atoms with Crippen LogP contribution in [0.1, 0.15) is 49.4 Å². The van der Waals surface area contributed by atoms with Crippen LogP contribution in [0.3, 0.4) is 0 Å². The molecule has 0 bridgehead atoms. The fraction of sp³-hybridized carbons (Fsp3) is 0.333. The number of carbonyl (C=O) groups is 1. The molecule has 0 aliphatic heterocycles. The number of aromatic nitrogens is 2. The lowest BCUT2D eigenvalue weighted by Crippen LogP contribution is -2.07. The molecule has 0 amide bonds. The first-order valence-corrected chi connectivity index (χ1v) is 16.5. The zero-order valence-corrected chi connectivity index (χ0v) is 25.6. The Morgan fingerprint density at radius 3 is 2.58 bits per heavy atom. The van der Waals surface area contributed by atoms with Crippen LogP contribution in [0.25, 0.3) is 17.2 Å². The average Bonchev–Trinajstić information content (AvgIpc) is 3.75. The van der Waals surface area contributed by atoms with Crippen LogP contribution in [0.4, 0.5) is 0 Å². The maximum absolute atomic E-state index is 13.0. The summed E-state index contributed by atoms with van der Waals surface area (Å²) in [7, 11) is -1.16. The molecule has 6 nitrogen and oxygen atoms in total. The average molecular weight is 597 g/mol. The molecule has 0 radical (unpaired) electrons. The zero-order chi connectivity index (χ0) is 29.9. The number of unbranched alkanes of at least 4 members (excludes halogenated alkanes) is 1. The van der Waals surface area contributed by atoms with Gasteiger partial charge in [0.2, 0.25) is 0 Å². The smallest absolute Gasteiger partial charge is 0.160 e. The van der Waals surface area contributed by atoms with E-state index in [0.717, 1.165) is 70.5 Å². The van der Waals surface area contributed by atoms with E-state index in [0.29, 0.717) is 25.4 Å². The number of ketones is 1. The molecule has 43 heavy (non-hydrogen) atoms. The minimum absolute atomic E-state index is 0.0171. The second kappa shape index (κ2) is 15.6. The van der Waals surface area contributed by atoms with Crippen molar-refractivity contribution in [2.45, 2.75) is 56.2 Å². The fourth-order valence-corrected chi connectivity index (χ4v) is 5.89. The van der Waals surface area contributed by atoms with Crippen molar-refractivity contribution in [1.82, 2.24) is 9.55 Å². The lowest BCUT2D eigenvalue weighted by atomic mass is 10.0. The summed E-state index contributed by atoms with van der Waals surface area (Å²) in [5.41, 5.74) is 5.02. The predicted octanol–water partition coefficient (Wildman–Crippen LogP) is 7.29. The molecule has 0 saturated heterocycles. The molecule has 1 saturated carbocycles. The minimum atomic E-state index is -1.16. The van der Waals surface area contributed by atoms with Crippen LogP contribution in [0.15, 0.2) is 96.3 Å². The van der Waals surface area contributed by atoms with Gasteiger partial charge < -0.3 is 14.0 Å². The summed E-state index contributed by atoms with van der Waals surface area (Å²) >= 11 is 0. The first-order valence-electron chi connectivity index (χ1n) is 15.2. The van der Waals surface area contributed by atoms with Gasteiger partial charge in [0.1, 0.15) is 12.4 Å². The summed E-state index contributed by atoms with van der Waals surface area (Å²) in [5.74, 6) is 2.02. The second-order valence-corrected chi connectivity index (χ2v) is 12.5. The second-order valence-electron chi connectivity index (χ2n) is 11.1. The van der Waals surface area contributed by atoms with Gasteiger partial charge in [-0.2, -0.15) is 0 Å². The van der Waals surface area contributed by atoms with E-state index >= 15 is 0 Å². The molecule has 0 N–H and O–H groups in total. The maximum Gasteiger partial charge on any atom is 0.160 e. The van der Waals surface area contributed by atoms with Crippen LogP contribution in [0.5, 0.6) is 5.75 Å². The molecule has 7 heteroatoms. The molecule has 1 aliphatic carbocycles. The number of hydrogen-bond donors (Lipinski definition) is 0. The monoisotopic (exact) mass is 596 g/mol. The molecule has 1 fully saturated rings. The third-order valence-electron chi connectivity index (χ3n) is 7.47. The Labute approximate surface area is 257 Å². The fourth-order valence-electron chi connectivity index (χ4n) is 4.77. The molecule has 1 aromatic heterocycles. The third kappa shape index (κ3) is 9.60. The number of carbonyl (C=O) groups excluding carboxylic acids is 1. The number of ether oxygens (including phenoxy) is 2. The molecule has 3 aromatic carbocycles. The topological polar surface area (TPSA) is 70.4 Å². The van der Waals surface area contributed by atoms with Gasteiger partial charge in [-0.1, -0.05) is 61.9 Å². The normalized spacial score (nSPS) is 13.8. The van der Waals surface area contributed by atoms with Crippen molar-refractivity contribution in [2.24, 2.45) is 5.92 Å². The molecule has 1 aliphatic rings. The summed E-state index contributed by atoms with van der Waals surface area (Å²) in [6.45, 7) is 5.02. The van der Waals surface area contributed by atoms with E-state index in [2.05, 4.69) is 28.6 Å². The van der Waals surface area contributed by atoms with Gasteiger partial charge in [-0.15, -0.1) is 0 Å². The van der Waals surface area contributed by atoms with Crippen LogP contribution < -0.4 is 4.74 Å². The van der Waals surface area contributed by atoms with Gasteiger partial charge in [-0.25, -0.2) is 4.98 Å². The van der Waals surface area contributed by atoms with Gasteiger partial charge in [0.05, 0.1) is 35.2 Å². The lowest BCUT2D eigenvalue weighted by Gasteiger charge is -2.08. The molecular weight excluding hydrogens is 556 g/mol. The van der Waals surface area contributed by atoms with Crippen LogP contribution in [0, 0.1) is 5.92 Å². The Bertz CT molecular complexity index is 1520. The Kier molecular flexibility index (Phi) is 11.1. The van der Waals surface area contributed by atoms with Gasteiger partial charge in [-0.05, 0) is 83.8 Å². The van der Waals surface area contributed by atoms with E-state index in [4.69, 9.17) is 9.47 Å². The maximum atomic E-state index is 13.0. The third-order valence-corrected chi connectivity index (χ3v) is 8.82. The highest BCUT2D eigenvalue weighted by Gasteiger charge is 2.23. The van der Waals surface area contributed by atoms with Gasteiger partial charge >= 0.3 is 0 Å². The molecular formula is C36H40N2O4S. The summed E-state index contributed by atoms with van der Waals surface area (Å²) in [5, 5.41) is 0. The molecule has 1 unspecified atom stereocenters. The number of nitrogens with zero attached hydrogens (tertiary/aromatic N) is 2. The van der Waals surface area contributed by atoms with Gasteiger partial charge in [0.15, 0.2) is 5.78 Å². The highest BCUT2D eigenvalue weighted by atomic mass is 32.2. The first kappa shape index (κ1) is 30.6. The van der Waals surface area contributed by atoms with E-state index in [1.807, 2.05) is 79.3 Å². The Balaban J connectivity index is 1.10. The molecule has 0 spiro atoms.